The van der Waals surface area contributed by atoms with Crippen molar-refractivity contribution in [3.8, 4) is 5.75 Å². The summed E-state index contributed by atoms with van der Waals surface area (Å²) in [5, 5.41) is 7.88. The summed E-state index contributed by atoms with van der Waals surface area (Å²) in [5.41, 5.74) is 1.73. The zero-order valence-electron chi connectivity index (χ0n) is 20.2. The van der Waals surface area contributed by atoms with Gasteiger partial charge in [0.25, 0.3) is 11.8 Å². The van der Waals surface area contributed by atoms with Crippen LogP contribution in [0.3, 0.4) is 0 Å². The molecule has 0 fully saturated rings. The number of fused-ring (bicyclic) bond motifs is 1. The van der Waals surface area contributed by atoms with Crippen molar-refractivity contribution < 1.29 is 33.7 Å². The van der Waals surface area contributed by atoms with Gasteiger partial charge in [0.15, 0.2) is 5.92 Å². The molecule has 0 aliphatic carbocycles. The molecule has 0 aromatic heterocycles. The van der Waals surface area contributed by atoms with Gasteiger partial charge in [-0.05, 0) is 48.9 Å². The Bertz CT molecular complexity index is 1130. The molecule has 10 heteroatoms. The fraction of sp³-hybridized carbons (Fsp3) is 0.400. The zero-order chi connectivity index (χ0) is 25.9. The smallest absolute Gasteiger partial charge is 0.270 e. The second-order valence-electron chi connectivity index (χ2n) is 8.01. The summed E-state index contributed by atoms with van der Waals surface area (Å²) in [6.07, 6.45) is -1.49. The topological polar surface area (TPSA) is 80.2 Å². The molecule has 0 radical (unpaired) electrons. The highest BCUT2D eigenvalue weighted by atomic mass is 19.3. The molecule has 0 saturated carbocycles. The lowest BCUT2D eigenvalue weighted by Gasteiger charge is -2.18. The van der Waals surface area contributed by atoms with Crippen molar-refractivity contribution in [2.24, 2.45) is 11.0 Å². The van der Waals surface area contributed by atoms with Gasteiger partial charge in [-0.15, -0.1) is 0 Å². The Labute approximate surface area is 203 Å². The second-order valence-corrected chi connectivity index (χ2v) is 8.01. The molecule has 190 valence electrons. The molecule has 2 aromatic carbocycles. The Balaban J connectivity index is 0.00000148. The third kappa shape index (κ3) is 5.64. The Morgan fingerprint density at radius 3 is 2.51 bits per heavy atom. The van der Waals surface area contributed by atoms with E-state index < -0.39 is 30.0 Å². The van der Waals surface area contributed by atoms with Crippen molar-refractivity contribution in [1.82, 2.24) is 0 Å². The first-order chi connectivity index (χ1) is 16.5. The highest BCUT2D eigenvalue weighted by molar-refractivity contribution is 6.28. The standard InChI is InChI=1S/C23H22F3N3O4.C2H6.H2/c1-12-20(22(31)29(28-12)16-4-6-17(7-5-16)33-13(2)24)21(30)27-19-9-15(23(3,25)26)8-14-10-32-11-18(14)19;1-2;/h4-9,13,20H,10-11H2,1-3H3,(H,27,30);1-2H3;1H. The maximum absolute atomic E-state index is 13.9. The number of hydrogen-bond donors (Lipinski definition) is 1. The van der Waals surface area contributed by atoms with Gasteiger partial charge in [0, 0.05) is 32.1 Å². The molecule has 2 atom stereocenters. The quantitative estimate of drug-likeness (QED) is 0.518. The molecule has 2 heterocycles. The van der Waals surface area contributed by atoms with Crippen molar-refractivity contribution in [2.45, 2.75) is 60.1 Å². The minimum Gasteiger partial charge on any atom is -0.461 e. The van der Waals surface area contributed by atoms with Gasteiger partial charge in [-0.2, -0.15) is 10.1 Å². The van der Waals surface area contributed by atoms with Crippen LogP contribution in [0.5, 0.6) is 5.75 Å². The van der Waals surface area contributed by atoms with Gasteiger partial charge in [0.2, 0.25) is 12.3 Å². The highest BCUT2D eigenvalue weighted by Gasteiger charge is 2.40. The summed E-state index contributed by atoms with van der Waals surface area (Å²) in [7, 11) is 0. The second kappa shape index (κ2) is 10.5. The lowest BCUT2D eigenvalue weighted by molar-refractivity contribution is -0.127. The van der Waals surface area contributed by atoms with E-state index in [2.05, 4.69) is 10.4 Å². The minimum atomic E-state index is -3.11. The Morgan fingerprint density at radius 1 is 1.26 bits per heavy atom. The van der Waals surface area contributed by atoms with E-state index in [0.717, 1.165) is 11.9 Å². The van der Waals surface area contributed by atoms with Crippen LogP contribution >= 0.6 is 0 Å². The number of nitrogens with zero attached hydrogens (tertiary/aromatic N) is 2. The van der Waals surface area contributed by atoms with E-state index in [1.165, 1.54) is 50.2 Å². The fourth-order valence-corrected chi connectivity index (χ4v) is 3.77. The zero-order valence-corrected chi connectivity index (χ0v) is 20.2. The van der Waals surface area contributed by atoms with Crippen molar-refractivity contribution in [1.29, 1.82) is 0 Å². The molecule has 2 aromatic rings. The van der Waals surface area contributed by atoms with Crippen molar-refractivity contribution in [3.63, 3.8) is 0 Å². The lowest BCUT2D eigenvalue weighted by Crippen LogP contribution is -2.36. The maximum atomic E-state index is 13.9. The third-order valence-corrected chi connectivity index (χ3v) is 5.38. The van der Waals surface area contributed by atoms with Gasteiger partial charge < -0.3 is 14.8 Å². The van der Waals surface area contributed by atoms with Gasteiger partial charge in [0.1, 0.15) is 5.75 Å². The number of carbonyl (C=O) groups excluding carboxylic acids is 2. The number of ether oxygens (including phenoxy) is 2. The number of hydrazone groups is 1. The highest BCUT2D eigenvalue weighted by Crippen LogP contribution is 2.36. The number of halogens is 3. The number of anilines is 2. The lowest BCUT2D eigenvalue weighted by atomic mass is 9.99. The number of rotatable bonds is 6. The maximum Gasteiger partial charge on any atom is 0.270 e. The average molecular weight is 494 g/mol. The summed E-state index contributed by atoms with van der Waals surface area (Å²) in [6, 6.07) is 8.57. The Morgan fingerprint density at radius 2 is 1.91 bits per heavy atom. The van der Waals surface area contributed by atoms with Gasteiger partial charge in [-0.25, -0.2) is 13.2 Å². The molecule has 2 unspecified atom stereocenters. The predicted molar refractivity (Wildman–Crippen MR) is 128 cm³/mol. The van der Waals surface area contributed by atoms with Crippen LogP contribution < -0.4 is 15.1 Å². The van der Waals surface area contributed by atoms with Crippen LogP contribution in [0.2, 0.25) is 0 Å². The summed E-state index contributed by atoms with van der Waals surface area (Å²) in [6.45, 7) is 7.89. The molecule has 0 spiro atoms. The molecule has 2 aliphatic heterocycles. The summed E-state index contributed by atoms with van der Waals surface area (Å²) in [4.78, 5) is 26.0. The van der Waals surface area contributed by atoms with Crippen LogP contribution in [0.15, 0.2) is 41.5 Å². The van der Waals surface area contributed by atoms with Crippen molar-refractivity contribution in [2.75, 3.05) is 10.3 Å². The van der Waals surface area contributed by atoms with E-state index >= 15 is 0 Å². The summed E-state index contributed by atoms with van der Waals surface area (Å²) in [5.74, 6) is -5.33. The number of alkyl halides is 3. The number of benzene rings is 2. The molecule has 4 rings (SSSR count). The third-order valence-electron chi connectivity index (χ3n) is 5.38. The van der Waals surface area contributed by atoms with Crippen LogP contribution in [0.1, 0.15) is 52.7 Å². The molecule has 7 nitrogen and oxygen atoms in total. The minimum absolute atomic E-state index is 0. The number of amides is 2. The molecule has 35 heavy (non-hydrogen) atoms. The molecule has 0 bridgehead atoms. The van der Waals surface area contributed by atoms with Crippen LogP contribution in [-0.2, 0) is 33.5 Å². The summed E-state index contributed by atoms with van der Waals surface area (Å²) < 4.78 is 51.2. The van der Waals surface area contributed by atoms with E-state index in [4.69, 9.17) is 9.47 Å². The summed E-state index contributed by atoms with van der Waals surface area (Å²) >= 11 is 0. The van der Waals surface area contributed by atoms with Gasteiger partial charge in [-0.3, -0.25) is 9.59 Å². The van der Waals surface area contributed by atoms with E-state index in [1.54, 1.807) is 0 Å². The molecular weight excluding hydrogens is 463 g/mol. The van der Waals surface area contributed by atoms with Gasteiger partial charge >= 0.3 is 0 Å². The van der Waals surface area contributed by atoms with Crippen LogP contribution in [0.4, 0.5) is 24.5 Å². The molecule has 2 amide bonds. The Kier molecular flexibility index (Phi) is 7.84. The van der Waals surface area contributed by atoms with Crippen molar-refractivity contribution >= 4 is 28.9 Å². The fourth-order valence-electron chi connectivity index (χ4n) is 3.77. The average Bonchev–Trinajstić information content (AvgIpc) is 3.39. The van der Waals surface area contributed by atoms with E-state index in [0.29, 0.717) is 16.8 Å². The Hall–Kier alpha value is -3.40. The molecular formula is C25H30F3N3O4. The SMILES string of the molecule is CC.CC1=NN(c2ccc(OC(C)F)cc2)C(=O)C1C(=O)Nc1cc(C(C)(F)F)cc2c1COC2.[HH]. The van der Waals surface area contributed by atoms with E-state index in [9.17, 15) is 22.8 Å². The number of carbonyl (C=O) groups is 2. The molecule has 2 aliphatic rings. The first-order valence-corrected chi connectivity index (χ1v) is 11.3. The number of nitrogens with one attached hydrogen (secondary N) is 1. The monoisotopic (exact) mass is 493 g/mol. The van der Waals surface area contributed by atoms with Gasteiger partial charge in [0.05, 0.1) is 24.6 Å². The van der Waals surface area contributed by atoms with Gasteiger partial charge in [-0.1, -0.05) is 13.8 Å². The number of hydrogen-bond acceptors (Lipinski definition) is 5. The largest absolute Gasteiger partial charge is 0.461 e. The first kappa shape index (κ1) is 26.2. The normalized spacial score (nSPS) is 17.8. The first-order valence-electron chi connectivity index (χ1n) is 11.3. The van der Waals surface area contributed by atoms with E-state index in [-0.39, 0.29) is 37.4 Å². The van der Waals surface area contributed by atoms with E-state index in [1.807, 2.05) is 13.8 Å². The molecule has 1 N–H and O–H groups in total. The van der Waals surface area contributed by atoms with Crippen LogP contribution in [-0.4, -0.2) is 23.9 Å². The van der Waals surface area contributed by atoms with Crippen molar-refractivity contribution in [3.05, 3.63) is 53.1 Å². The van der Waals surface area contributed by atoms with Crippen LogP contribution in [0, 0.1) is 5.92 Å². The van der Waals surface area contributed by atoms with Crippen LogP contribution in [0.25, 0.3) is 0 Å². The molecule has 0 saturated heterocycles. The predicted octanol–water partition coefficient (Wildman–Crippen LogP) is 5.77.